The molecule has 1 aliphatic heterocycles. The summed E-state index contributed by atoms with van der Waals surface area (Å²) in [6, 6.07) is 27.4. The van der Waals surface area contributed by atoms with E-state index in [1.165, 1.54) is 27.2 Å². The lowest BCUT2D eigenvalue weighted by atomic mass is 9.96. The zero-order valence-corrected chi connectivity index (χ0v) is 17.6. The van der Waals surface area contributed by atoms with Crippen molar-refractivity contribution in [3.05, 3.63) is 107 Å². The highest BCUT2D eigenvalue weighted by atomic mass is 16.5. The monoisotopic (exact) mass is 412 g/mol. The van der Waals surface area contributed by atoms with Crippen LogP contribution in [0.3, 0.4) is 0 Å². The predicted octanol–water partition coefficient (Wildman–Crippen LogP) is 2.46. The van der Waals surface area contributed by atoms with Gasteiger partial charge in [0.2, 0.25) is 5.82 Å². The van der Waals surface area contributed by atoms with E-state index in [2.05, 4.69) is 64.1 Å². The fourth-order valence-corrected chi connectivity index (χ4v) is 4.50. The minimum Gasteiger partial charge on any atom is -0.497 e. The first-order valence-corrected chi connectivity index (χ1v) is 10.7. The molecule has 4 aromatic rings. The van der Waals surface area contributed by atoms with Crippen molar-refractivity contribution >= 4 is 0 Å². The first-order valence-electron chi connectivity index (χ1n) is 10.7. The van der Waals surface area contributed by atoms with Gasteiger partial charge in [-0.25, -0.2) is 4.68 Å². The Morgan fingerprint density at radius 2 is 1.68 bits per heavy atom. The van der Waals surface area contributed by atoms with Crippen molar-refractivity contribution < 1.29 is 9.64 Å². The van der Waals surface area contributed by atoms with Crippen LogP contribution < -0.4 is 9.64 Å². The molecule has 1 aliphatic rings. The van der Waals surface area contributed by atoms with Crippen molar-refractivity contribution in [3.63, 3.8) is 0 Å². The summed E-state index contributed by atoms with van der Waals surface area (Å²) in [5, 5.41) is 12.9. The second-order valence-corrected chi connectivity index (χ2v) is 7.99. The van der Waals surface area contributed by atoms with Crippen LogP contribution in [0.2, 0.25) is 0 Å². The Labute approximate surface area is 182 Å². The van der Waals surface area contributed by atoms with Crippen LogP contribution in [0.1, 0.15) is 34.1 Å². The number of hydrogen-bond acceptors (Lipinski definition) is 4. The third kappa shape index (κ3) is 4.07. The van der Waals surface area contributed by atoms with Gasteiger partial charge in [-0.3, -0.25) is 0 Å². The molecular formula is C25H26N5O+. The topological polar surface area (TPSA) is 57.3 Å². The molecule has 6 nitrogen and oxygen atoms in total. The van der Waals surface area contributed by atoms with Crippen LogP contribution in [-0.2, 0) is 19.5 Å². The van der Waals surface area contributed by atoms with Crippen molar-refractivity contribution in [2.75, 3.05) is 13.7 Å². The summed E-state index contributed by atoms with van der Waals surface area (Å²) in [5.41, 5.74) is 5.23. The molecular weight excluding hydrogens is 386 g/mol. The Hall–Kier alpha value is -3.51. The molecule has 0 fully saturated rings. The molecule has 2 atom stereocenters. The van der Waals surface area contributed by atoms with Gasteiger partial charge in [0, 0.05) is 17.5 Å². The number of tetrazole rings is 1. The number of benzene rings is 3. The predicted molar refractivity (Wildman–Crippen MR) is 118 cm³/mol. The zero-order valence-electron chi connectivity index (χ0n) is 17.6. The Balaban J connectivity index is 1.53. The molecule has 0 spiro atoms. The molecule has 0 amide bonds. The first kappa shape index (κ1) is 19.5. The summed E-state index contributed by atoms with van der Waals surface area (Å²) in [6.07, 6.45) is 1.05. The van der Waals surface area contributed by atoms with Crippen LogP contribution in [0, 0.1) is 0 Å². The summed E-state index contributed by atoms with van der Waals surface area (Å²) in [6.45, 7) is 2.64. The lowest BCUT2D eigenvalue weighted by Gasteiger charge is -2.32. The Morgan fingerprint density at radius 1 is 0.935 bits per heavy atom. The van der Waals surface area contributed by atoms with E-state index in [4.69, 9.17) is 4.74 Å². The highest BCUT2D eigenvalue weighted by molar-refractivity contribution is 5.32. The highest BCUT2D eigenvalue weighted by Crippen LogP contribution is 2.23. The van der Waals surface area contributed by atoms with E-state index in [0.29, 0.717) is 6.54 Å². The molecule has 1 aromatic heterocycles. The Kier molecular flexibility index (Phi) is 5.46. The SMILES string of the molecule is COc1ccc([C@H](c2nnnn2Cc2ccccc2)[NH+]2CCc3ccccc3C2)cc1. The molecule has 1 N–H and O–H groups in total. The number of nitrogens with one attached hydrogen (secondary N) is 1. The second-order valence-electron chi connectivity index (χ2n) is 7.99. The van der Waals surface area contributed by atoms with Crippen LogP contribution in [0.4, 0.5) is 0 Å². The molecule has 31 heavy (non-hydrogen) atoms. The fourth-order valence-electron chi connectivity index (χ4n) is 4.50. The lowest BCUT2D eigenvalue weighted by Crippen LogP contribution is -3.12. The molecule has 6 heteroatoms. The van der Waals surface area contributed by atoms with Gasteiger partial charge in [-0.15, -0.1) is 5.10 Å². The van der Waals surface area contributed by atoms with E-state index in [9.17, 15) is 0 Å². The third-order valence-corrected chi connectivity index (χ3v) is 6.10. The number of nitrogens with zero attached hydrogens (tertiary/aromatic N) is 4. The Bertz CT molecular complexity index is 1140. The molecule has 0 saturated carbocycles. The largest absolute Gasteiger partial charge is 0.497 e. The summed E-state index contributed by atoms with van der Waals surface area (Å²) in [4.78, 5) is 1.45. The molecule has 5 rings (SSSR count). The smallest absolute Gasteiger partial charge is 0.214 e. The number of quaternary nitrogens is 1. The average molecular weight is 413 g/mol. The fraction of sp³-hybridized carbons (Fsp3) is 0.240. The van der Waals surface area contributed by atoms with Crippen molar-refractivity contribution in [3.8, 4) is 5.75 Å². The van der Waals surface area contributed by atoms with Crippen LogP contribution in [-0.4, -0.2) is 33.9 Å². The van der Waals surface area contributed by atoms with E-state index >= 15 is 0 Å². The minimum absolute atomic E-state index is 0.0398. The van der Waals surface area contributed by atoms with Gasteiger partial charge >= 0.3 is 0 Å². The summed E-state index contributed by atoms with van der Waals surface area (Å²) in [5.74, 6) is 1.74. The van der Waals surface area contributed by atoms with Gasteiger partial charge < -0.3 is 9.64 Å². The summed E-state index contributed by atoms with van der Waals surface area (Å²) < 4.78 is 7.32. The van der Waals surface area contributed by atoms with E-state index in [1.54, 1.807) is 7.11 Å². The molecule has 2 heterocycles. The number of fused-ring (bicyclic) bond motifs is 1. The standard InChI is InChI=1S/C25H25N5O/c1-31-23-13-11-21(12-14-23)24(29-16-15-20-9-5-6-10-22(20)18-29)25-26-27-28-30(25)17-19-7-3-2-4-8-19/h2-14,24H,15-18H2,1H3/p+1/t24-/m1/s1. The van der Waals surface area contributed by atoms with E-state index in [0.717, 1.165) is 31.1 Å². The van der Waals surface area contributed by atoms with Gasteiger partial charge in [-0.2, -0.15) is 0 Å². The Morgan fingerprint density at radius 3 is 2.45 bits per heavy atom. The maximum absolute atomic E-state index is 5.38. The minimum atomic E-state index is 0.0398. The van der Waals surface area contributed by atoms with Crippen LogP contribution >= 0.6 is 0 Å². The third-order valence-electron chi connectivity index (χ3n) is 6.10. The lowest BCUT2D eigenvalue weighted by molar-refractivity contribution is -0.941. The first-order chi connectivity index (χ1) is 15.3. The normalized spacial score (nSPS) is 16.5. The number of hydrogen-bond donors (Lipinski definition) is 1. The maximum Gasteiger partial charge on any atom is 0.214 e. The zero-order chi connectivity index (χ0) is 21.0. The number of rotatable bonds is 6. The summed E-state index contributed by atoms with van der Waals surface area (Å²) >= 11 is 0. The van der Waals surface area contributed by atoms with Gasteiger partial charge in [-0.1, -0.05) is 54.6 Å². The van der Waals surface area contributed by atoms with Gasteiger partial charge in [0.25, 0.3) is 0 Å². The van der Waals surface area contributed by atoms with Gasteiger partial charge in [-0.05, 0) is 45.8 Å². The van der Waals surface area contributed by atoms with Crippen molar-refractivity contribution in [1.29, 1.82) is 0 Å². The van der Waals surface area contributed by atoms with Crippen LogP contribution in [0.25, 0.3) is 0 Å². The average Bonchev–Trinajstić information content (AvgIpc) is 3.28. The van der Waals surface area contributed by atoms with Crippen LogP contribution in [0.15, 0.2) is 78.9 Å². The van der Waals surface area contributed by atoms with Crippen molar-refractivity contribution in [2.45, 2.75) is 25.6 Å². The van der Waals surface area contributed by atoms with Crippen molar-refractivity contribution in [1.82, 2.24) is 20.2 Å². The molecule has 0 bridgehead atoms. The number of aromatic nitrogens is 4. The van der Waals surface area contributed by atoms with Crippen LogP contribution in [0.5, 0.6) is 5.75 Å². The maximum atomic E-state index is 5.38. The van der Waals surface area contributed by atoms with E-state index in [1.807, 2.05) is 35.0 Å². The van der Waals surface area contributed by atoms with Crippen molar-refractivity contribution in [2.24, 2.45) is 0 Å². The highest BCUT2D eigenvalue weighted by Gasteiger charge is 2.34. The number of methoxy groups -OCH3 is 1. The quantitative estimate of drug-likeness (QED) is 0.529. The molecule has 0 saturated heterocycles. The molecule has 156 valence electrons. The van der Waals surface area contributed by atoms with Gasteiger partial charge in [0.1, 0.15) is 12.3 Å². The van der Waals surface area contributed by atoms with E-state index in [-0.39, 0.29) is 6.04 Å². The molecule has 0 radical (unpaired) electrons. The molecule has 1 unspecified atom stereocenters. The van der Waals surface area contributed by atoms with Gasteiger partial charge in [0.15, 0.2) is 6.04 Å². The second kappa shape index (κ2) is 8.70. The van der Waals surface area contributed by atoms with Gasteiger partial charge in [0.05, 0.1) is 20.2 Å². The molecule has 3 aromatic carbocycles. The van der Waals surface area contributed by atoms with E-state index < -0.39 is 0 Å². The molecule has 0 aliphatic carbocycles. The number of ether oxygens (including phenoxy) is 1. The summed E-state index contributed by atoms with van der Waals surface area (Å²) in [7, 11) is 1.69.